The minimum Gasteiger partial charge on any atom is -0.361 e. The standard InChI is InChI=1S/C8H6N2S.C8H7N/c1-2-4-8-7(3-1)5-6-9-10-11-8;1-2-4-8-7(3-1)5-6-9-8/h1-6H;1-6,9H. The van der Waals surface area contributed by atoms with Crippen LogP contribution in [0.3, 0.4) is 0 Å². The van der Waals surface area contributed by atoms with Crippen LogP contribution in [0.5, 0.6) is 0 Å². The molecular weight excluding hydrogens is 266 g/mol. The van der Waals surface area contributed by atoms with Gasteiger partial charge in [0.25, 0.3) is 0 Å². The first-order valence-electron chi connectivity index (χ1n) is 6.28. The molecule has 0 fully saturated rings. The Morgan fingerprint density at radius 1 is 0.900 bits per heavy atom. The van der Waals surface area contributed by atoms with Gasteiger partial charge in [-0.05, 0) is 35.2 Å². The quantitative estimate of drug-likeness (QED) is 0.557. The van der Waals surface area contributed by atoms with Crippen LogP contribution in [0, 0.1) is 0 Å². The van der Waals surface area contributed by atoms with E-state index in [1.807, 2.05) is 42.6 Å². The van der Waals surface area contributed by atoms with E-state index in [1.165, 1.54) is 28.4 Å². The minimum atomic E-state index is 1.16. The van der Waals surface area contributed by atoms with Crippen molar-refractivity contribution in [1.29, 1.82) is 0 Å². The molecule has 1 aromatic heterocycles. The third kappa shape index (κ3) is 2.97. The lowest BCUT2D eigenvalue weighted by atomic mass is 10.2. The van der Waals surface area contributed by atoms with Gasteiger partial charge in [-0.15, -0.1) is 4.52 Å². The van der Waals surface area contributed by atoms with Gasteiger partial charge in [0.2, 0.25) is 0 Å². The Balaban J connectivity index is 0.000000123. The van der Waals surface area contributed by atoms with Gasteiger partial charge in [-0.2, -0.15) is 5.11 Å². The topological polar surface area (TPSA) is 40.5 Å². The Morgan fingerprint density at radius 2 is 1.75 bits per heavy atom. The summed E-state index contributed by atoms with van der Waals surface area (Å²) >= 11 is 1.41. The molecule has 0 aliphatic carbocycles. The molecule has 1 aliphatic rings. The van der Waals surface area contributed by atoms with Gasteiger partial charge in [0, 0.05) is 28.6 Å². The number of fused-ring (bicyclic) bond motifs is 2. The zero-order valence-electron chi connectivity index (χ0n) is 10.7. The molecule has 2 heterocycles. The van der Waals surface area contributed by atoms with Crippen LogP contribution in [0.2, 0.25) is 0 Å². The lowest BCUT2D eigenvalue weighted by molar-refractivity contribution is 1.35. The second-order valence-corrected chi connectivity index (χ2v) is 4.99. The molecule has 1 N–H and O–H groups in total. The molecule has 20 heavy (non-hydrogen) atoms. The highest BCUT2D eigenvalue weighted by Gasteiger charge is 1.99. The number of para-hydroxylation sites is 1. The summed E-state index contributed by atoms with van der Waals surface area (Å²) in [6.07, 6.45) is 5.61. The van der Waals surface area contributed by atoms with E-state index >= 15 is 0 Å². The third-order valence-electron chi connectivity index (χ3n) is 2.89. The van der Waals surface area contributed by atoms with Crippen LogP contribution in [0.4, 0.5) is 0 Å². The molecule has 0 bridgehead atoms. The SMILES string of the molecule is C1=Cc2ccccc2SN=N1.c1ccc2[nH]ccc2c1. The maximum Gasteiger partial charge on any atom is 0.0508 e. The Bertz CT molecular complexity index is 729. The van der Waals surface area contributed by atoms with Crippen molar-refractivity contribution >= 4 is 28.9 Å². The van der Waals surface area contributed by atoms with Crippen molar-refractivity contribution < 1.29 is 0 Å². The van der Waals surface area contributed by atoms with E-state index in [4.69, 9.17) is 0 Å². The number of hydrogen-bond donors (Lipinski definition) is 1. The second-order valence-electron chi connectivity index (χ2n) is 4.21. The van der Waals surface area contributed by atoms with E-state index in [-0.39, 0.29) is 0 Å². The molecule has 98 valence electrons. The zero-order chi connectivity index (χ0) is 13.6. The number of benzene rings is 2. The fourth-order valence-electron chi connectivity index (χ4n) is 1.90. The highest BCUT2D eigenvalue weighted by molar-refractivity contribution is 7.98. The predicted molar refractivity (Wildman–Crippen MR) is 84.5 cm³/mol. The van der Waals surface area contributed by atoms with Crippen molar-refractivity contribution in [3.05, 3.63) is 72.6 Å². The second kappa shape index (κ2) is 6.21. The molecule has 4 rings (SSSR count). The maximum atomic E-state index is 3.87. The van der Waals surface area contributed by atoms with E-state index in [9.17, 15) is 0 Å². The van der Waals surface area contributed by atoms with Crippen molar-refractivity contribution in [1.82, 2.24) is 4.98 Å². The van der Waals surface area contributed by atoms with Gasteiger partial charge in [-0.3, -0.25) is 0 Å². The Hall–Kier alpha value is -2.33. The predicted octanol–water partition coefficient (Wildman–Crippen LogP) is 5.30. The summed E-state index contributed by atoms with van der Waals surface area (Å²) in [5.41, 5.74) is 2.39. The molecule has 3 aromatic rings. The summed E-state index contributed by atoms with van der Waals surface area (Å²) in [4.78, 5) is 4.28. The minimum absolute atomic E-state index is 1.16. The van der Waals surface area contributed by atoms with Crippen molar-refractivity contribution in [3.63, 3.8) is 0 Å². The van der Waals surface area contributed by atoms with Crippen LogP contribution in [0.25, 0.3) is 17.0 Å². The smallest absolute Gasteiger partial charge is 0.0508 e. The summed E-state index contributed by atoms with van der Waals surface area (Å²) in [6, 6.07) is 18.4. The summed E-state index contributed by atoms with van der Waals surface area (Å²) in [5, 5.41) is 5.07. The lowest BCUT2D eigenvalue weighted by Gasteiger charge is -1.96. The van der Waals surface area contributed by atoms with Crippen LogP contribution in [0.15, 0.2) is 81.5 Å². The third-order valence-corrected chi connectivity index (χ3v) is 3.63. The molecule has 0 spiro atoms. The number of hydrogen-bond acceptors (Lipinski definition) is 3. The molecule has 3 nitrogen and oxygen atoms in total. The molecule has 2 aromatic carbocycles. The van der Waals surface area contributed by atoms with Crippen LogP contribution >= 0.6 is 11.9 Å². The van der Waals surface area contributed by atoms with Crippen LogP contribution < -0.4 is 0 Å². The average Bonchev–Trinajstić information content (AvgIpc) is 2.85. The van der Waals surface area contributed by atoms with Gasteiger partial charge < -0.3 is 4.98 Å². The summed E-state index contributed by atoms with van der Waals surface area (Å²) in [6.45, 7) is 0. The van der Waals surface area contributed by atoms with Crippen molar-refractivity contribution in [2.45, 2.75) is 4.90 Å². The summed E-state index contributed by atoms with van der Waals surface area (Å²) in [7, 11) is 0. The van der Waals surface area contributed by atoms with Gasteiger partial charge in [0.15, 0.2) is 0 Å². The number of H-pyrrole nitrogens is 1. The number of nitrogens with zero attached hydrogens (tertiary/aromatic N) is 2. The van der Waals surface area contributed by atoms with E-state index < -0.39 is 0 Å². The van der Waals surface area contributed by atoms with Crippen molar-refractivity contribution in [2.24, 2.45) is 9.63 Å². The van der Waals surface area contributed by atoms with Gasteiger partial charge in [-0.25, -0.2) is 0 Å². The largest absolute Gasteiger partial charge is 0.361 e. The summed E-state index contributed by atoms with van der Waals surface area (Å²) in [5.74, 6) is 0. The normalized spacial score (nSPS) is 12.4. The van der Waals surface area contributed by atoms with Gasteiger partial charge in [-0.1, -0.05) is 36.4 Å². The van der Waals surface area contributed by atoms with Gasteiger partial charge in [0.1, 0.15) is 0 Å². The van der Waals surface area contributed by atoms with Crippen LogP contribution in [-0.2, 0) is 0 Å². The van der Waals surface area contributed by atoms with E-state index in [1.54, 1.807) is 6.20 Å². The lowest BCUT2D eigenvalue weighted by Crippen LogP contribution is -1.73. The molecule has 0 saturated heterocycles. The number of rotatable bonds is 0. The van der Waals surface area contributed by atoms with Crippen LogP contribution in [0.1, 0.15) is 5.56 Å². The first-order valence-corrected chi connectivity index (χ1v) is 7.06. The highest BCUT2D eigenvalue weighted by atomic mass is 32.2. The molecule has 0 saturated carbocycles. The van der Waals surface area contributed by atoms with Gasteiger partial charge >= 0.3 is 0 Å². The average molecular weight is 279 g/mol. The molecule has 4 heteroatoms. The monoisotopic (exact) mass is 279 g/mol. The Labute approximate surface area is 121 Å². The Kier molecular flexibility index (Phi) is 3.94. The summed E-state index contributed by atoms with van der Waals surface area (Å²) < 4.78 is 3.87. The maximum absolute atomic E-state index is 3.87. The van der Waals surface area contributed by atoms with E-state index in [2.05, 4.69) is 38.9 Å². The van der Waals surface area contributed by atoms with E-state index in [0.717, 1.165) is 4.90 Å². The highest BCUT2D eigenvalue weighted by Crippen LogP contribution is 2.26. The fraction of sp³-hybridized carbons (Fsp3) is 0. The first kappa shape index (κ1) is 12.7. The number of nitrogens with one attached hydrogen (secondary N) is 1. The molecule has 0 unspecified atom stereocenters. The Morgan fingerprint density at radius 3 is 2.70 bits per heavy atom. The fourth-order valence-corrected chi connectivity index (χ4v) is 2.48. The zero-order valence-corrected chi connectivity index (χ0v) is 11.5. The first-order chi connectivity index (χ1) is 9.93. The van der Waals surface area contributed by atoms with Crippen molar-refractivity contribution in [2.75, 3.05) is 0 Å². The molecule has 0 amide bonds. The molecule has 0 atom stereocenters. The number of aromatic amines is 1. The van der Waals surface area contributed by atoms with Crippen molar-refractivity contribution in [3.8, 4) is 0 Å². The molecule has 0 radical (unpaired) electrons. The number of aromatic nitrogens is 1. The van der Waals surface area contributed by atoms with E-state index in [0.29, 0.717) is 0 Å². The van der Waals surface area contributed by atoms with Gasteiger partial charge in [0.05, 0.1) is 6.20 Å². The van der Waals surface area contributed by atoms with Crippen LogP contribution in [-0.4, -0.2) is 4.98 Å². The molecular formula is C16H13N3S. The molecule has 1 aliphatic heterocycles.